The number of amides is 2. The van der Waals surface area contributed by atoms with Gasteiger partial charge < -0.3 is 20.1 Å². The molecule has 1 unspecified atom stereocenters. The highest BCUT2D eigenvalue weighted by atomic mass is 79.9. The summed E-state index contributed by atoms with van der Waals surface area (Å²) in [5.74, 6) is -0.106. The first-order chi connectivity index (χ1) is 19.5. The molecular weight excluding hydrogens is 572 g/mol. The zero-order valence-electron chi connectivity index (χ0n) is 22.0. The Balaban J connectivity index is 1.55. The topological polar surface area (TPSA) is 94.5 Å². The monoisotopic (exact) mass is 600 g/mol. The van der Waals surface area contributed by atoms with Crippen LogP contribution in [0.15, 0.2) is 95.2 Å². The second-order valence-electron chi connectivity index (χ2n) is 9.29. The molecule has 0 aliphatic carbocycles. The lowest BCUT2D eigenvalue weighted by Gasteiger charge is -2.14. The number of carbonyl (C=O) groups is 2. The summed E-state index contributed by atoms with van der Waals surface area (Å²) >= 11 is 3.56. The van der Waals surface area contributed by atoms with E-state index in [1.165, 1.54) is 0 Å². The third kappa shape index (κ3) is 6.50. The van der Waals surface area contributed by atoms with Crippen LogP contribution in [0.3, 0.4) is 0 Å². The standard InChI is InChI=1S/C31H29BrN4O4/c1-39-28-15-14-22(17-26(28)32)29-23(20-36(35-29)24-11-6-3-7-12-24)18-27(31(38)33-19-25-13-8-16-40-25)34-30(37)21-9-4-2-5-10-21/h2-7,9-12,14-15,17-18,20,25H,8,13,16,19H2,1H3,(H,33,38)(H,34,37)/b27-18-. The molecule has 40 heavy (non-hydrogen) atoms. The van der Waals surface area contributed by atoms with Gasteiger partial charge in [0.1, 0.15) is 17.1 Å². The summed E-state index contributed by atoms with van der Waals surface area (Å²) in [5.41, 5.74) is 3.49. The van der Waals surface area contributed by atoms with Crippen molar-refractivity contribution in [3.8, 4) is 22.7 Å². The molecule has 204 valence electrons. The number of halogens is 1. The lowest BCUT2D eigenvalue weighted by molar-refractivity contribution is -0.118. The largest absolute Gasteiger partial charge is 0.496 e. The summed E-state index contributed by atoms with van der Waals surface area (Å²) in [6, 6.07) is 24.1. The maximum atomic E-state index is 13.4. The maximum Gasteiger partial charge on any atom is 0.267 e. The summed E-state index contributed by atoms with van der Waals surface area (Å²) in [6.45, 7) is 1.05. The van der Waals surface area contributed by atoms with Crippen LogP contribution in [0.25, 0.3) is 23.0 Å². The molecule has 5 rings (SSSR count). The number of carbonyl (C=O) groups excluding carboxylic acids is 2. The molecule has 4 aromatic rings. The molecule has 1 aliphatic heterocycles. The minimum Gasteiger partial charge on any atom is -0.496 e. The van der Waals surface area contributed by atoms with Gasteiger partial charge >= 0.3 is 0 Å². The van der Waals surface area contributed by atoms with E-state index < -0.39 is 5.91 Å². The van der Waals surface area contributed by atoms with Crippen molar-refractivity contribution in [2.45, 2.75) is 18.9 Å². The molecule has 2 amide bonds. The molecule has 1 saturated heterocycles. The van der Waals surface area contributed by atoms with Gasteiger partial charge in [0, 0.05) is 36.0 Å². The molecule has 8 nitrogen and oxygen atoms in total. The Hall–Kier alpha value is -4.21. The van der Waals surface area contributed by atoms with E-state index in [9.17, 15) is 9.59 Å². The van der Waals surface area contributed by atoms with Gasteiger partial charge in [-0.05, 0) is 77.3 Å². The summed E-state index contributed by atoms with van der Waals surface area (Å²) in [6.07, 6.45) is 5.31. The van der Waals surface area contributed by atoms with Crippen LogP contribution in [0.5, 0.6) is 5.75 Å². The van der Waals surface area contributed by atoms with Crippen LogP contribution in [0.2, 0.25) is 0 Å². The van der Waals surface area contributed by atoms with E-state index in [2.05, 4.69) is 26.6 Å². The van der Waals surface area contributed by atoms with Crippen molar-refractivity contribution in [2.24, 2.45) is 0 Å². The van der Waals surface area contributed by atoms with Crippen molar-refractivity contribution >= 4 is 33.8 Å². The molecule has 1 fully saturated rings. The van der Waals surface area contributed by atoms with Crippen molar-refractivity contribution < 1.29 is 19.1 Å². The molecule has 1 atom stereocenters. The van der Waals surface area contributed by atoms with E-state index in [0.717, 1.165) is 28.6 Å². The van der Waals surface area contributed by atoms with Crippen LogP contribution in [0, 0.1) is 0 Å². The number of hydrogen-bond acceptors (Lipinski definition) is 5. The number of aromatic nitrogens is 2. The third-order valence-electron chi connectivity index (χ3n) is 6.53. The van der Waals surface area contributed by atoms with Crippen LogP contribution in [-0.4, -0.2) is 48.0 Å². The molecule has 2 N–H and O–H groups in total. The molecular formula is C31H29BrN4O4. The normalized spacial score (nSPS) is 15.1. The first-order valence-corrected chi connectivity index (χ1v) is 13.8. The number of rotatable bonds is 9. The van der Waals surface area contributed by atoms with Gasteiger partial charge in [0.05, 0.1) is 23.4 Å². The van der Waals surface area contributed by atoms with E-state index in [1.807, 2.05) is 60.8 Å². The summed E-state index contributed by atoms with van der Waals surface area (Å²) in [5, 5.41) is 10.6. The highest BCUT2D eigenvalue weighted by Gasteiger charge is 2.21. The van der Waals surface area contributed by atoms with Crippen LogP contribution >= 0.6 is 15.9 Å². The second-order valence-corrected chi connectivity index (χ2v) is 10.1. The SMILES string of the molecule is COc1ccc(-c2nn(-c3ccccc3)cc2/C=C(\NC(=O)c2ccccc2)C(=O)NCC2CCCO2)cc1Br. The fraction of sp³-hybridized carbons (Fsp3) is 0.194. The van der Waals surface area contributed by atoms with Crippen LogP contribution in [0.4, 0.5) is 0 Å². The number of nitrogens with zero attached hydrogens (tertiary/aromatic N) is 2. The van der Waals surface area contributed by atoms with Gasteiger partial charge in [-0.25, -0.2) is 4.68 Å². The van der Waals surface area contributed by atoms with Gasteiger partial charge in [-0.2, -0.15) is 5.10 Å². The lowest BCUT2D eigenvalue weighted by atomic mass is 10.1. The number of ether oxygens (including phenoxy) is 2. The zero-order chi connectivity index (χ0) is 27.9. The molecule has 0 bridgehead atoms. The van der Waals surface area contributed by atoms with E-state index in [1.54, 1.807) is 42.1 Å². The van der Waals surface area contributed by atoms with Gasteiger partial charge in [-0.15, -0.1) is 0 Å². The molecule has 1 aliphatic rings. The Morgan fingerprint density at radius 2 is 1.85 bits per heavy atom. The predicted molar refractivity (Wildman–Crippen MR) is 157 cm³/mol. The first-order valence-electron chi connectivity index (χ1n) is 13.0. The van der Waals surface area contributed by atoms with Crippen molar-refractivity contribution in [1.29, 1.82) is 0 Å². The summed E-state index contributed by atoms with van der Waals surface area (Å²) in [4.78, 5) is 26.5. The van der Waals surface area contributed by atoms with Crippen LogP contribution in [0.1, 0.15) is 28.8 Å². The Kier molecular flexibility index (Phi) is 8.73. The smallest absolute Gasteiger partial charge is 0.267 e. The Morgan fingerprint density at radius 1 is 1.10 bits per heavy atom. The van der Waals surface area contributed by atoms with Crippen molar-refractivity contribution in [2.75, 3.05) is 20.3 Å². The quantitative estimate of drug-likeness (QED) is 0.252. The average Bonchev–Trinajstić information content (AvgIpc) is 3.67. The maximum absolute atomic E-state index is 13.4. The highest BCUT2D eigenvalue weighted by molar-refractivity contribution is 9.10. The van der Waals surface area contributed by atoms with E-state index in [-0.39, 0.29) is 17.7 Å². The average molecular weight is 602 g/mol. The second kappa shape index (κ2) is 12.8. The van der Waals surface area contributed by atoms with Crippen molar-refractivity contribution in [3.63, 3.8) is 0 Å². The predicted octanol–water partition coefficient (Wildman–Crippen LogP) is 5.38. The molecule has 1 aromatic heterocycles. The van der Waals surface area contributed by atoms with Crippen LogP contribution < -0.4 is 15.4 Å². The van der Waals surface area contributed by atoms with Crippen molar-refractivity contribution in [3.05, 3.63) is 106 Å². The van der Waals surface area contributed by atoms with Gasteiger partial charge in [-0.1, -0.05) is 36.4 Å². The summed E-state index contributed by atoms with van der Waals surface area (Å²) in [7, 11) is 1.61. The molecule has 0 saturated carbocycles. The van der Waals surface area contributed by atoms with E-state index >= 15 is 0 Å². The molecule has 3 aromatic carbocycles. The van der Waals surface area contributed by atoms with Gasteiger partial charge in [0.15, 0.2) is 0 Å². The van der Waals surface area contributed by atoms with Gasteiger partial charge in [-0.3, -0.25) is 9.59 Å². The fourth-order valence-electron chi connectivity index (χ4n) is 4.45. The van der Waals surface area contributed by atoms with Gasteiger partial charge in [0.25, 0.3) is 11.8 Å². The molecule has 0 spiro atoms. The number of benzene rings is 3. The summed E-state index contributed by atoms with van der Waals surface area (Å²) < 4.78 is 13.6. The minimum absolute atomic E-state index is 0.0388. The number of para-hydroxylation sites is 1. The van der Waals surface area contributed by atoms with Gasteiger partial charge in [0.2, 0.25) is 0 Å². The number of methoxy groups -OCH3 is 1. The van der Waals surface area contributed by atoms with E-state index in [4.69, 9.17) is 14.6 Å². The Bertz CT molecular complexity index is 1510. The Labute approximate surface area is 241 Å². The molecule has 2 heterocycles. The number of hydrogen-bond donors (Lipinski definition) is 2. The molecule has 9 heteroatoms. The van der Waals surface area contributed by atoms with E-state index in [0.29, 0.717) is 35.7 Å². The molecule has 0 radical (unpaired) electrons. The van der Waals surface area contributed by atoms with Crippen LogP contribution in [-0.2, 0) is 9.53 Å². The number of nitrogens with one attached hydrogen (secondary N) is 2. The highest BCUT2D eigenvalue weighted by Crippen LogP contribution is 2.32. The third-order valence-corrected chi connectivity index (χ3v) is 7.15. The first kappa shape index (κ1) is 27.4. The Morgan fingerprint density at radius 3 is 2.52 bits per heavy atom. The lowest BCUT2D eigenvalue weighted by Crippen LogP contribution is -2.38. The zero-order valence-corrected chi connectivity index (χ0v) is 23.6. The van der Waals surface area contributed by atoms with Crippen molar-refractivity contribution in [1.82, 2.24) is 20.4 Å². The fourth-order valence-corrected chi connectivity index (χ4v) is 4.99. The minimum atomic E-state index is -0.408.